The Kier molecular flexibility index (Phi) is 6.51. The smallest absolute Gasteiger partial charge is 0.410 e. The van der Waals surface area contributed by atoms with E-state index in [1.165, 1.54) is 16.9 Å². The van der Waals surface area contributed by atoms with E-state index in [-0.39, 0.29) is 32.5 Å². The Morgan fingerprint density at radius 3 is 2.10 bits per heavy atom. The topological polar surface area (TPSA) is 85.4 Å². The number of methoxy groups -OCH3 is 1. The quantitative estimate of drug-likeness (QED) is 0.293. The predicted molar refractivity (Wildman–Crippen MR) is 90.3 cm³/mol. The lowest BCUT2D eigenvalue weighted by Gasteiger charge is -2.37. The Bertz CT molecular complexity index is 877. The molecule has 0 spiro atoms. The molecule has 0 saturated carbocycles. The number of rotatable bonds is 5. The lowest BCUT2D eigenvalue weighted by atomic mass is 10.0. The highest BCUT2D eigenvalue weighted by atomic mass is 19.2. The Hall–Kier alpha value is -3.12. The summed E-state index contributed by atoms with van der Waals surface area (Å²) in [6.45, 7) is -0.913. The second kappa shape index (κ2) is 8.94. The molecule has 2 aliphatic heterocycles. The minimum Gasteiger partial charge on any atom is -0.477 e. The molecule has 0 radical (unpaired) electrons. The number of carbonyl (C=O) groups excluding carboxylic acids is 3. The van der Waals surface area contributed by atoms with Gasteiger partial charge in [-0.15, -0.1) is 0 Å². The van der Waals surface area contributed by atoms with Crippen molar-refractivity contribution >= 4 is 18.0 Å². The molecule has 13 heteroatoms. The third-order valence-corrected chi connectivity index (χ3v) is 5.10. The average molecular weight is 452 g/mol. The van der Waals surface area contributed by atoms with Gasteiger partial charge in [0.2, 0.25) is 29.1 Å². The molecule has 1 atom stereocenters. The summed E-state index contributed by atoms with van der Waals surface area (Å²) in [7, 11) is 1.18. The van der Waals surface area contributed by atoms with Crippen molar-refractivity contribution in [2.75, 3.05) is 33.4 Å². The predicted octanol–water partition coefficient (Wildman–Crippen LogP) is 1.75. The summed E-state index contributed by atoms with van der Waals surface area (Å²) in [5, 5.41) is 0. The summed E-state index contributed by atoms with van der Waals surface area (Å²) < 4.78 is 80.8. The zero-order chi connectivity index (χ0) is 22.9. The van der Waals surface area contributed by atoms with Crippen LogP contribution in [0.1, 0.15) is 12.8 Å². The van der Waals surface area contributed by atoms with E-state index >= 15 is 0 Å². The first-order chi connectivity index (χ1) is 14.7. The van der Waals surface area contributed by atoms with E-state index in [9.17, 15) is 36.3 Å². The molecule has 2 amide bonds. The second-order valence-electron chi connectivity index (χ2n) is 6.82. The summed E-state index contributed by atoms with van der Waals surface area (Å²) in [6.07, 6.45) is -0.164. The monoisotopic (exact) mass is 452 g/mol. The van der Waals surface area contributed by atoms with E-state index in [2.05, 4.69) is 9.47 Å². The fourth-order valence-corrected chi connectivity index (χ4v) is 3.48. The Labute approximate surface area is 172 Å². The maximum atomic E-state index is 13.6. The molecule has 3 rings (SSSR count). The molecule has 1 aromatic rings. The molecule has 1 unspecified atom stereocenters. The molecule has 2 saturated heterocycles. The van der Waals surface area contributed by atoms with Gasteiger partial charge in [0.1, 0.15) is 6.61 Å². The third kappa shape index (κ3) is 4.21. The summed E-state index contributed by atoms with van der Waals surface area (Å²) in [4.78, 5) is 38.5. The van der Waals surface area contributed by atoms with Crippen LogP contribution in [0.3, 0.4) is 0 Å². The summed E-state index contributed by atoms with van der Waals surface area (Å²) in [5.74, 6) is -14.0. The largest absolute Gasteiger partial charge is 0.477 e. The molecule has 1 aromatic carbocycles. The van der Waals surface area contributed by atoms with E-state index in [0.717, 1.165) is 0 Å². The van der Waals surface area contributed by atoms with Crippen molar-refractivity contribution in [2.45, 2.75) is 24.9 Å². The first-order valence-electron chi connectivity index (χ1n) is 9.12. The van der Waals surface area contributed by atoms with Crippen molar-refractivity contribution < 1.29 is 50.5 Å². The first kappa shape index (κ1) is 22.6. The number of halogens is 5. The van der Waals surface area contributed by atoms with Crippen molar-refractivity contribution in [1.82, 2.24) is 9.80 Å². The number of esters is 1. The SMILES string of the molecule is COC(=O)C1COC(=O)N1C1CCN(C(=O)COc2c(F)c(F)c(F)c(F)c2F)CC1. The zero-order valence-corrected chi connectivity index (χ0v) is 16.1. The van der Waals surface area contributed by atoms with Crippen LogP contribution in [-0.2, 0) is 19.1 Å². The average Bonchev–Trinajstić information content (AvgIpc) is 3.17. The molecule has 0 aromatic heterocycles. The van der Waals surface area contributed by atoms with Gasteiger partial charge in [-0.1, -0.05) is 0 Å². The molecular weight excluding hydrogens is 435 g/mol. The number of ether oxygens (including phenoxy) is 3. The number of carbonyl (C=O) groups is 3. The highest BCUT2D eigenvalue weighted by molar-refractivity contribution is 5.84. The van der Waals surface area contributed by atoms with Crippen molar-refractivity contribution in [3.63, 3.8) is 0 Å². The Balaban J connectivity index is 1.59. The van der Waals surface area contributed by atoms with Crippen LogP contribution in [0, 0.1) is 29.1 Å². The molecule has 8 nitrogen and oxygen atoms in total. The van der Waals surface area contributed by atoms with Gasteiger partial charge in [0.25, 0.3) is 5.91 Å². The van der Waals surface area contributed by atoms with Crippen LogP contribution >= 0.6 is 0 Å². The molecular formula is C18H17F5N2O6. The number of hydrogen-bond acceptors (Lipinski definition) is 6. The first-order valence-corrected chi connectivity index (χ1v) is 9.12. The minimum absolute atomic E-state index is 0.0988. The number of nitrogens with zero attached hydrogens (tertiary/aromatic N) is 2. The fraction of sp³-hybridized carbons (Fsp3) is 0.500. The molecule has 0 N–H and O–H groups in total. The second-order valence-corrected chi connectivity index (χ2v) is 6.82. The highest BCUT2D eigenvalue weighted by Crippen LogP contribution is 2.29. The van der Waals surface area contributed by atoms with Gasteiger partial charge in [-0.05, 0) is 12.8 Å². The molecule has 170 valence electrons. The van der Waals surface area contributed by atoms with Crippen LogP contribution in [0.15, 0.2) is 0 Å². The van der Waals surface area contributed by atoms with Crippen molar-refractivity contribution in [3.05, 3.63) is 29.1 Å². The lowest BCUT2D eigenvalue weighted by molar-refractivity contribution is -0.146. The van der Waals surface area contributed by atoms with Crippen molar-refractivity contribution in [3.8, 4) is 5.75 Å². The van der Waals surface area contributed by atoms with Crippen LogP contribution in [0.25, 0.3) is 0 Å². The summed E-state index contributed by atoms with van der Waals surface area (Å²) >= 11 is 0. The molecule has 0 bridgehead atoms. The minimum atomic E-state index is -2.33. The zero-order valence-electron chi connectivity index (χ0n) is 16.1. The maximum absolute atomic E-state index is 13.6. The van der Waals surface area contributed by atoms with Crippen LogP contribution in [0.4, 0.5) is 26.7 Å². The number of cyclic esters (lactones) is 1. The van der Waals surface area contributed by atoms with Crippen molar-refractivity contribution in [2.24, 2.45) is 0 Å². The number of hydrogen-bond donors (Lipinski definition) is 0. The van der Waals surface area contributed by atoms with Gasteiger partial charge in [-0.2, -0.15) is 8.78 Å². The van der Waals surface area contributed by atoms with Gasteiger partial charge in [0.05, 0.1) is 7.11 Å². The van der Waals surface area contributed by atoms with Gasteiger partial charge in [0.15, 0.2) is 18.4 Å². The Morgan fingerprint density at radius 1 is 1.00 bits per heavy atom. The van der Waals surface area contributed by atoms with Crippen LogP contribution in [-0.4, -0.2) is 73.3 Å². The Morgan fingerprint density at radius 2 is 1.55 bits per heavy atom. The van der Waals surface area contributed by atoms with E-state index < -0.39 is 71.5 Å². The van der Waals surface area contributed by atoms with Crippen molar-refractivity contribution in [1.29, 1.82) is 0 Å². The van der Waals surface area contributed by atoms with E-state index in [1.54, 1.807) is 0 Å². The molecule has 2 fully saturated rings. The maximum Gasteiger partial charge on any atom is 0.410 e. The standard InChI is InChI=1S/C18H17F5N2O6/c1-29-17(27)9-6-31-18(28)25(9)8-2-4-24(5-3-8)10(26)7-30-16-14(22)12(20)11(19)13(21)15(16)23/h8-9H,2-7H2,1H3. The van der Waals surface area contributed by atoms with Gasteiger partial charge < -0.3 is 19.1 Å². The number of likely N-dealkylation sites (tertiary alicyclic amines) is 1. The van der Waals surface area contributed by atoms with Gasteiger partial charge >= 0.3 is 12.1 Å². The van der Waals surface area contributed by atoms with E-state index in [1.807, 2.05) is 0 Å². The summed E-state index contributed by atoms with van der Waals surface area (Å²) in [5.41, 5.74) is 0. The molecule has 2 aliphatic rings. The molecule has 2 heterocycles. The van der Waals surface area contributed by atoms with Crippen LogP contribution < -0.4 is 4.74 Å². The number of amides is 2. The number of piperidine rings is 1. The lowest BCUT2D eigenvalue weighted by Crippen LogP contribution is -2.52. The van der Waals surface area contributed by atoms with Crippen LogP contribution in [0.2, 0.25) is 0 Å². The van der Waals surface area contributed by atoms with Gasteiger partial charge in [-0.25, -0.2) is 22.8 Å². The van der Waals surface area contributed by atoms with Gasteiger partial charge in [0, 0.05) is 19.1 Å². The van der Waals surface area contributed by atoms with Crippen LogP contribution in [0.5, 0.6) is 5.75 Å². The normalized spacial score (nSPS) is 19.4. The molecule has 31 heavy (non-hydrogen) atoms. The summed E-state index contributed by atoms with van der Waals surface area (Å²) in [6, 6.07) is -1.32. The molecule has 0 aliphatic carbocycles. The number of benzene rings is 1. The highest BCUT2D eigenvalue weighted by Gasteiger charge is 2.44. The van der Waals surface area contributed by atoms with Gasteiger partial charge in [-0.3, -0.25) is 9.69 Å². The van der Waals surface area contributed by atoms with E-state index in [4.69, 9.17) is 4.74 Å². The third-order valence-electron chi connectivity index (χ3n) is 5.10. The fourth-order valence-electron chi connectivity index (χ4n) is 3.48. The van der Waals surface area contributed by atoms with E-state index in [0.29, 0.717) is 0 Å².